The van der Waals surface area contributed by atoms with Gasteiger partial charge in [-0.3, -0.25) is 14.9 Å². The fraction of sp³-hybridized carbons (Fsp3) is 0.538. The highest BCUT2D eigenvalue weighted by molar-refractivity contribution is 6.01. The van der Waals surface area contributed by atoms with Gasteiger partial charge in [-0.15, -0.1) is 0 Å². The number of rotatable bonds is 6. The molecule has 8 nitrogen and oxygen atoms in total. The van der Waals surface area contributed by atoms with Gasteiger partial charge in [0.1, 0.15) is 24.3 Å². The summed E-state index contributed by atoms with van der Waals surface area (Å²) in [6, 6.07) is 1.26. The Balaban J connectivity index is 2.14. The Morgan fingerprint density at radius 3 is 2.81 bits per heavy atom. The smallest absolute Gasteiger partial charge is 0.249 e. The molecule has 1 fully saturated rings. The predicted octanol–water partition coefficient (Wildman–Crippen LogP) is 0.272. The average Bonchev–Trinajstić information content (AvgIpc) is 2.42. The maximum absolute atomic E-state index is 11.8. The standard InChI is InChI=1S/C13H19N5O3/c1-3-14-9-6-10(17-11(16-9)7-21-2)15-8-4-5-12(19)18-13(8)20/h6,8H,3-5,7H2,1-2H3,(H,18,19,20)(H2,14,15,16,17). The van der Waals surface area contributed by atoms with Gasteiger partial charge in [0.15, 0.2) is 5.82 Å². The third-order valence-electron chi connectivity index (χ3n) is 2.97. The van der Waals surface area contributed by atoms with Gasteiger partial charge in [-0.2, -0.15) is 0 Å². The molecule has 1 aromatic heterocycles. The molecule has 0 radical (unpaired) electrons. The van der Waals surface area contributed by atoms with Crippen molar-refractivity contribution in [1.82, 2.24) is 15.3 Å². The molecule has 2 amide bonds. The minimum Gasteiger partial charge on any atom is -0.377 e. The molecule has 21 heavy (non-hydrogen) atoms. The Morgan fingerprint density at radius 1 is 1.38 bits per heavy atom. The number of piperidine rings is 1. The summed E-state index contributed by atoms with van der Waals surface area (Å²) in [5, 5.41) is 8.44. The van der Waals surface area contributed by atoms with Crippen molar-refractivity contribution in [3.63, 3.8) is 0 Å². The van der Waals surface area contributed by atoms with Crippen molar-refractivity contribution < 1.29 is 14.3 Å². The summed E-state index contributed by atoms with van der Waals surface area (Å²) in [5.41, 5.74) is 0. The summed E-state index contributed by atoms with van der Waals surface area (Å²) in [7, 11) is 1.57. The van der Waals surface area contributed by atoms with E-state index in [0.717, 1.165) is 6.54 Å². The van der Waals surface area contributed by atoms with Gasteiger partial charge in [0.2, 0.25) is 11.8 Å². The van der Waals surface area contributed by atoms with Gasteiger partial charge in [-0.05, 0) is 13.3 Å². The van der Waals surface area contributed by atoms with Crippen LogP contribution in [0.4, 0.5) is 11.6 Å². The molecule has 2 rings (SSSR count). The van der Waals surface area contributed by atoms with E-state index in [1.165, 1.54) is 0 Å². The molecule has 1 atom stereocenters. The molecule has 2 heterocycles. The minimum absolute atomic E-state index is 0.242. The first-order valence-electron chi connectivity index (χ1n) is 6.83. The highest BCUT2D eigenvalue weighted by Crippen LogP contribution is 2.16. The summed E-state index contributed by atoms with van der Waals surface area (Å²) in [6.45, 7) is 2.97. The summed E-state index contributed by atoms with van der Waals surface area (Å²) in [5.74, 6) is 1.14. The van der Waals surface area contributed by atoms with Gasteiger partial charge in [0.25, 0.3) is 0 Å². The number of nitrogens with zero attached hydrogens (tertiary/aromatic N) is 2. The second-order valence-corrected chi connectivity index (χ2v) is 4.67. The SMILES string of the molecule is CCNc1cc(NC2CCC(=O)NC2=O)nc(COC)n1. The molecule has 0 aromatic carbocycles. The Hall–Kier alpha value is -2.22. The van der Waals surface area contributed by atoms with Gasteiger partial charge >= 0.3 is 0 Å². The van der Waals surface area contributed by atoms with Gasteiger partial charge in [0, 0.05) is 26.1 Å². The van der Waals surface area contributed by atoms with Crippen LogP contribution in [-0.4, -0.2) is 41.5 Å². The van der Waals surface area contributed by atoms with Crippen LogP contribution in [0.5, 0.6) is 0 Å². The van der Waals surface area contributed by atoms with Crippen LogP contribution in [0.1, 0.15) is 25.6 Å². The number of imide groups is 1. The van der Waals surface area contributed by atoms with Crippen molar-refractivity contribution in [2.24, 2.45) is 0 Å². The maximum atomic E-state index is 11.8. The van der Waals surface area contributed by atoms with E-state index in [9.17, 15) is 9.59 Å². The van der Waals surface area contributed by atoms with Crippen molar-refractivity contribution in [3.05, 3.63) is 11.9 Å². The third kappa shape index (κ3) is 4.12. The van der Waals surface area contributed by atoms with E-state index in [1.807, 2.05) is 6.92 Å². The first-order chi connectivity index (χ1) is 10.1. The zero-order valence-electron chi connectivity index (χ0n) is 12.1. The number of nitrogens with one attached hydrogen (secondary N) is 3. The van der Waals surface area contributed by atoms with Gasteiger partial charge in [0.05, 0.1) is 0 Å². The van der Waals surface area contributed by atoms with Crippen LogP contribution in [0.15, 0.2) is 6.07 Å². The van der Waals surface area contributed by atoms with Gasteiger partial charge in [-0.1, -0.05) is 0 Å². The Labute approximate surface area is 122 Å². The number of carbonyl (C=O) groups is 2. The molecule has 0 saturated carbocycles. The number of ether oxygens (including phenoxy) is 1. The van der Waals surface area contributed by atoms with E-state index >= 15 is 0 Å². The molecule has 1 saturated heterocycles. The van der Waals surface area contributed by atoms with Crippen LogP contribution in [0.3, 0.4) is 0 Å². The monoisotopic (exact) mass is 293 g/mol. The van der Waals surface area contributed by atoms with Crippen molar-refractivity contribution in [3.8, 4) is 0 Å². The molecular weight excluding hydrogens is 274 g/mol. The number of amides is 2. The molecular formula is C13H19N5O3. The molecule has 1 unspecified atom stereocenters. The predicted molar refractivity (Wildman–Crippen MR) is 76.7 cm³/mol. The summed E-state index contributed by atoms with van der Waals surface area (Å²) in [4.78, 5) is 31.5. The molecule has 0 spiro atoms. The van der Waals surface area contributed by atoms with Crippen molar-refractivity contribution >= 4 is 23.5 Å². The van der Waals surface area contributed by atoms with E-state index in [1.54, 1.807) is 13.2 Å². The van der Waals surface area contributed by atoms with E-state index in [2.05, 4.69) is 25.9 Å². The highest BCUT2D eigenvalue weighted by atomic mass is 16.5. The zero-order chi connectivity index (χ0) is 15.2. The lowest BCUT2D eigenvalue weighted by Gasteiger charge is -2.22. The van der Waals surface area contributed by atoms with Crippen LogP contribution in [0.2, 0.25) is 0 Å². The highest BCUT2D eigenvalue weighted by Gasteiger charge is 2.26. The van der Waals surface area contributed by atoms with E-state index in [0.29, 0.717) is 30.3 Å². The van der Waals surface area contributed by atoms with Crippen molar-refractivity contribution in [2.75, 3.05) is 24.3 Å². The maximum Gasteiger partial charge on any atom is 0.249 e. The minimum atomic E-state index is -0.470. The van der Waals surface area contributed by atoms with Crippen molar-refractivity contribution in [2.45, 2.75) is 32.4 Å². The number of hydrogen-bond acceptors (Lipinski definition) is 7. The first-order valence-corrected chi connectivity index (χ1v) is 6.83. The molecule has 1 aliphatic heterocycles. The second-order valence-electron chi connectivity index (χ2n) is 4.67. The Kier molecular flexibility index (Phi) is 5.04. The summed E-state index contributed by atoms with van der Waals surface area (Å²) >= 11 is 0. The lowest BCUT2D eigenvalue weighted by molar-refractivity contribution is -0.133. The third-order valence-corrected chi connectivity index (χ3v) is 2.97. The van der Waals surface area contributed by atoms with Crippen LogP contribution in [0.25, 0.3) is 0 Å². The van der Waals surface area contributed by atoms with Crippen LogP contribution in [0, 0.1) is 0 Å². The second kappa shape index (κ2) is 6.98. The fourth-order valence-electron chi connectivity index (χ4n) is 2.05. The number of methoxy groups -OCH3 is 1. The van der Waals surface area contributed by atoms with Crippen molar-refractivity contribution in [1.29, 1.82) is 0 Å². The van der Waals surface area contributed by atoms with E-state index in [-0.39, 0.29) is 18.4 Å². The Bertz CT molecular complexity index is 510. The summed E-state index contributed by atoms with van der Waals surface area (Å²) in [6.07, 6.45) is 0.768. The van der Waals surface area contributed by atoms with Crippen LogP contribution >= 0.6 is 0 Å². The molecule has 8 heteroatoms. The van der Waals surface area contributed by atoms with Crippen LogP contribution in [-0.2, 0) is 20.9 Å². The van der Waals surface area contributed by atoms with Crippen LogP contribution < -0.4 is 16.0 Å². The number of hydrogen-bond donors (Lipinski definition) is 3. The number of aromatic nitrogens is 2. The lowest BCUT2D eigenvalue weighted by atomic mass is 10.1. The largest absolute Gasteiger partial charge is 0.377 e. The van der Waals surface area contributed by atoms with Gasteiger partial charge < -0.3 is 15.4 Å². The van der Waals surface area contributed by atoms with Gasteiger partial charge in [-0.25, -0.2) is 9.97 Å². The summed E-state index contributed by atoms with van der Waals surface area (Å²) < 4.78 is 5.04. The lowest BCUT2D eigenvalue weighted by Crippen LogP contribution is -2.47. The number of anilines is 2. The van der Waals surface area contributed by atoms with E-state index in [4.69, 9.17) is 4.74 Å². The topological polar surface area (TPSA) is 105 Å². The van der Waals surface area contributed by atoms with E-state index < -0.39 is 6.04 Å². The molecule has 0 aliphatic carbocycles. The molecule has 1 aromatic rings. The molecule has 0 bridgehead atoms. The Morgan fingerprint density at radius 2 is 2.14 bits per heavy atom. The average molecular weight is 293 g/mol. The molecule has 114 valence electrons. The first kappa shape index (κ1) is 15.2. The molecule has 1 aliphatic rings. The fourth-order valence-corrected chi connectivity index (χ4v) is 2.05. The zero-order valence-corrected chi connectivity index (χ0v) is 12.1. The molecule has 3 N–H and O–H groups in total. The quantitative estimate of drug-likeness (QED) is 0.647. The normalized spacial score (nSPS) is 18.3. The number of carbonyl (C=O) groups excluding carboxylic acids is 2.